The van der Waals surface area contributed by atoms with Gasteiger partial charge in [0.1, 0.15) is 5.75 Å². The number of ether oxygens (including phenoxy) is 1. The number of carbonyl (C=O) groups excluding carboxylic acids is 1. The zero-order chi connectivity index (χ0) is 23.4. The molecule has 2 aromatic carbocycles. The molecular formula is C22H25F3N2O4S. The quantitative estimate of drug-likeness (QED) is 0.670. The van der Waals surface area contributed by atoms with E-state index in [0.717, 1.165) is 11.1 Å². The van der Waals surface area contributed by atoms with Gasteiger partial charge < -0.3 is 10.1 Å². The smallest absolute Gasteiger partial charge is 0.406 e. The third kappa shape index (κ3) is 6.46. The van der Waals surface area contributed by atoms with Gasteiger partial charge >= 0.3 is 6.36 Å². The molecule has 32 heavy (non-hydrogen) atoms. The van der Waals surface area contributed by atoms with Gasteiger partial charge in [0, 0.05) is 25.6 Å². The highest BCUT2D eigenvalue weighted by molar-refractivity contribution is 7.89. The number of amides is 1. The Morgan fingerprint density at radius 3 is 2.22 bits per heavy atom. The van der Waals surface area contributed by atoms with Gasteiger partial charge in [-0.05, 0) is 56.0 Å². The molecule has 1 fully saturated rings. The second kappa shape index (κ2) is 9.91. The Balaban J connectivity index is 1.44. The summed E-state index contributed by atoms with van der Waals surface area (Å²) in [6.07, 6.45) is -3.41. The molecule has 2 aromatic rings. The summed E-state index contributed by atoms with van der Waals surface area (Å²) in [5, 5.41) is 2.83. The number of rotatable bonds is 7. The molecule has 3 rings (SSSR count). The Labute approximate surface area is 185 Å². The van der Waals surface area contributed by atoms with Crippen molar-refractivity contribution in [2.24, 2.45) is 5.92 Å². The average molecular weight is 471 g/mol. The number of sulfonamides is 1. The first-order chi connectivity index (χ1) is 15.0. The van der Waals surface area contributed by atoms with E-state index in [9.17, 15) is 26.4 Å². The van der Waals surface area contributed by atoms with Crippen LogP contribution in [0.5, 0.6) is 5.75 Å². The highest BCUT2D eigenvalue weighted by Gasteiger charge is 2.32. The van der Waals surface area contributed by atoms with Crippen molar-refractivity contribution in [2.75, 3.05) is 19.6 Å². The van der Waals surface area contributed by atoms with Crippen molar-refractivity contribution in [3.05, 3.63) is 59.7 Å². The van der Waals surface area contributed by atoms with E-state index < -0.39 is 16.4 Å². The topological polar surface area (TPSA) is 75.7 Å². The molecule has 1 N–H and O–H groups in total. The van der Waals surface area contributed by atoms with Crippen molar-refractivity contribution in [2.45, 2.75) is 37.4 Å². The largest absolute Gasteiger partial charge is 0.573 e. The number of benzene rings is 2. The third-order valence-corrected chi connectivity index (χ3v) is 7.27. The maximum Gasteiger partial charge on any atom is 0.573 e. The van der Waals surface area contributed by atoms with Gasteiger partial charge in [-0.25, -0.2) is 8.42 Å². The first-order valence-electron chi connectivity index (χ1n) is 10.2. The summed E-state index contributed by atoms with van der Waals surface area (Å²) in [6, 6.07) is 12.2. The standard InChI is InChI=1S/C22H25F3N2O4S/c1-16-2-8-20(9-3-16)32(29,30)27-14-11-18(12-15-27)21(28)26-13-10-17-4-6-19(7-5-17)31-22(23,24)25/h2-9,18H,10-15H2,1H3,(H,26,28). The molecule has 0 aliphatic carbocycles. The van der Waals surface area contributed by atoms with Crippen molar-refractivity contribution in [1.82, 2.24) is 9.62 Å². The van der Waals surface area contributed by atoms with E-state index in [1.807, 2.05) is 6.92 Å². The van der Waals surface area contributed by atoms with E-state index in [4.69, 9.17) is 0 Å². The van der Waals surface area contributed by atoms with E-state index in [1.165, 1.54) is 28.6 Å². The lowest BCUT2D eigenvalue weighted by Gasteiger charge is -2.30. The Morgan fingerprint density at radius 2 is 1.66 bits per heavy atom. The molecule has 6 nitrogen and oxygen atoms in total. The van der Waals surface area contributed by atoms with Crippen LogP contribution in [0.25, 0.3) is 0 Å². The minimum Gasteiger partial charge on any atom is -0.406 e. The Bertz CT molecular complexity index is 1010. The number of nitrogens with one attached hydrogen (secondary N) is 1. The summed E-state index contributed by atoms with van der Waals surface area (Å²) in [5.74, 6) is -0.714. The van der Waals surface area contributed by atoms with Crippen LogP contribution in [0.15, 0.2) is 53.4 Å². The van der Waals surface area contributed by atoms with Crippen LogP contribution in [0.2, 0.25) is 0 Å². The van der Waals surface area contributed by atoms with E-state index in [2.05, 4.69) is 10.1 Å². The van der Waals surface area contributed by atoms with Gasteiger partial charge in [-0.15, -0.1) is 13.2 Å². The fourth-order valence-electron chi connectivity index (χ4n) is 3.55. The molecule has 1 aliphatic rings. The molecule has 10 heteroatoms. The summed E-state index contributed by atoms with van der Waals surface area (Å²) in [5.41, 5.74) is 1.74. The lowest BCUT2D eigenvalue weighted by Crippen LogP contribution is -2.43. The van der Waals surface area contributed by atoms with Crippen LogP contribution in [0.3, 0.4) is 0 Å². The van der Waals surface area contributed by atoms with E-state index in [0.29, 0.717) is 25.8 Å². The van der Waals surface area contributed by atoms with E-state index in [-0.39, 0.29) is 35.6 Å². The molecule has 174 valence electrons. The molecule has 1 aliphatic heterocycles. The lowest BCUT2D eigenvalue weighted by molar-refractivity contribution is -0.274. The van der Waals surface area contributed by atoms with Crippen molar-refractivity contribution in [1.29, 1.82) is 0 Å². The zero-order valence-electron chi connectivity index (χ0n) is 17.6. The van der Waals surface area contributed by atoms with Crippen LogP contribution in [-0.4, -0.2) is 44.6 Å². The summed E-state index contributed by atoms with van der Waals surface area (Å²) < 4.78 is 67.3. The average Bonchev–Trinajstić information content (AvgIpc) is 2.74. The summed E-state index contributed by atoms with van der Waals surface area (Å²) in [4.78, 5) is 12.7. The molecule has 0 unspecified atom stereocenters. The molecule has 0 spiro atoms. The Hall–Kier alpha value is -2.59. The van der Waals surface area contributed by atoms with E-state index >= 15 is 0 Å². The van der Waals surface area contributed by atoms with Gasteiger partial charge in [0.15, 0.2) is 0 Å². The summed E-state index contributed by atoms with van der Waals surface area (Å²) >= 11 is 0. The molecule has 1 saturated heterocycles. The van der Waals surface area contributed by atoms with Crippen LogP contribution in [0, 0.1) is 12.8 Å². The number of aryl methyl sites for hydroxylation is 1. The van der Waals surface area contributed by atoms with Gasteiger partial charge in [-0.2, -0.15) is 4.31 Å². The summed E-state index contributed by atoms with van der Waals surface area (Å²) in [6.45, 7) is 2.77. The number of carbonyl (C=O) groups is 1. The van der Waals surface area contributed by atoms with Crippen LogP contribution in [0.4, 0.5) is 13.2 Å². The molecule has 0 atom stereocenters. The number of halogens is 3. The van der Waals surface area contributed by atoms with Crippen LogP contribution in [-0.2, 0) is 21.2 Å². The van der Waals surface area contributed by atoms with Crippen molar-refractivity contribution < 1.29 is 31.1 Å². The zero-order valence-corrected chi connectivity index (χ0v) is 18.4. The first kappa shape index (κ1) is 24.1. The van der Waals surface area contributed by atoms with Crippen molar-refractivity contribution in [3.63, 3.8) is 0 Å². The third-order valence-electron chi connectivity index (χ3n) is 5.35. The molecular weight excluding hydrogens is 445 g/mol. The highest BCUT2D eigenvalue weighted by Crippen LogP contribution is 2.25. The normalized spacial score (nSPS) is 16.0. The predicted molar refractivity (Wildman–Crippen MR) is 113 cm³/mol. The Kier molecular flexibility index (Phi) is 7.45. The SMILES string of the molecule is Cc1ccc(S(=O)(=O)N2CCC(C(=O)NCCc3ccc(OC(F)(F)F)cc3)CC2)cc1. The fourth-order valence-corrected chi connectivity index (χ4v) is 5.02. The number of hydrogen-bond donors (Lipinski definition) is 1. The number of nitrogens with zero attached hydrogens (tertiary/aromatic N) is 1. The second-order valence-corrected chi connectivity index (χ2v) is 9.66. The van der Waals surface area contributed by atoms with Crippen LogP contribution >= 0.6 is 0 Å². The monoisotopic (exact) mass is 470 g/mol. The predicted octanol–water partition coefficient (Wildman–Crippen LogP) is 3.65. The highest BCUT2D eigenvalue weighted by atomic mass is 32.2. The molecule has 0 saturated carbocycles. The van der Waals surface area contributed by atoms with E-state index in [1.54, 1.807) is 24.3 Å². The van der Waals surface area contributed by atoms with Gasteiger partial charge in [0.2, 0.25) is 15.9 Å². The molecule has 0 bridgehead atoms. The van der Waals surface area contributed by atoms with Gasteiger partial charge in [-0.3, -0.25) is 4.79 Å². The maximum atomic E-state index is 12.8. The van der Waals surface area contributed by atoms with Gasteiger partial charge in [0.25, 0.3) is 0 Å². The van der Waals surface area contributed by atoms with Crippen molar-refractivity contribution in [3.8, 4) is 5.75 Å². The minimum atomic E-state index is -4.73. The van der Waals surface area contributed by atoms with Crippen molar-refractivity contribution >= 4 is 15.9 Å². The van der Waals surface area contributed by atoms with Crippen LogP contribution < -0.4 is 10.1 Å². The minimum absolute atomic E-state index is 0.144. The van der Waals surface area contributed by atoms with Crippen LogP contribution in [0.1, 0.15) is 24.0 Å². The number of hydrogen-bond acceptors (Lipinski definition) is 4. The fraction of sp³-hybridized carbons (Fsp3) is 0.409. The number of alkyl halides is 3. The molecule has 1 heterocycles. The lowest BCUT2D eigenvalue weighted by atomic mass is 9.97. The molecule has 0 radical (unpaired) electrons. The second-order valence-electron chi connectivity index (χ2n) is 7.72. The molecule has 0 aromatic heterocycles. The molecule has 1 amide bonds. The maximum absolute atomic E-state index is 12.8. The Morgan fingerprint density at radius 1 is 1.06 bits per heavy atom. The number of piperidine rings is 1. The van der Waals surface area contributed by atoms with Gasteiger partial charge in [-0.1, -0.05) is 29.8 Å². The van der Waals surface area contributed by atoms with Gasteiger partial charge in [0.05, 0.1) is 4.90 Å². The summed E-state index contributed by atoms with van der Waals surface area (Å²) in [7, 11) is -3.57. The first-order valence-corrected chi connectivity index (χ1v) is 11.7.